The van der Waals surface area contributed by atoms with E-state index < -0.39 is 0 Å². The van der Waals surface area contributed by atoms with Crippen molar-refractivity contribution in [1.29, 1.82) is 0 Å². The highest BCUT2D eigenvalue weighted by molar-refractivity contribution is 5.79. The van der Waals surface area contributed by atoms with E-state index in [9.17, 15) is 0 Å². The van der Waals surface area contributed by atoms with E-state index in [4.69, 9.17) is 6.42 Å². The molecule has 0 atom stereocenters. The number of terminal acetylenes is 1. The first-order valence-electron chi connectivity index (χ1n) is 7.66. The summed E-state index contributed by atoms with van der Waals surface area (Å²) in [6.45, 7) is 0. The lowest BCUT2D eigenvalue weighted by Crippen LogP contribution is -2.26. The van der Waals surface area contributed by atoms with E-state index in [1.165, 1.54) is 19.3 Å². The Morgan fingerprint density at radius 2 is 2.00 bits per heavy atom. The van der Waals surface area contributed by atoms with Crippen molar-refractivity contribution in [3.63, 3.8) is 0 Å². The average molecular weight is 287 g/mol. The number of benzene rings is 2. The number of anilines is 1. The van der Waals surface area contributed by atoms with E-state index in [-0.39, 0.29) is 0 Å². The van der Waals surface area contributed by atoms with Gasteiger partial charge in [-0.2, -0.15) is 0 Å². The molecule has 1 N–H and O–H groups in total. The van der Waals surface area contributed by atoms with Gasteiger partial charge in [0.05, 0.1) is 16.7 Å². The van der Waals surface area contributed by atoms with Crippen LogP contribution in [0, 0.1) is 12.3 Å². The molecule has 1 saturated carbocycles. The van der Waals surface area contributed by atoms with Gasteiger partial charge in [-0.25, -0.2) is 4.98 Å². The molecule has 1 aliphatic carbocycles. The van der Waals surface area contributed by atoms with Crippen LogP contribution in [0.2, 0.25) is 0 Å². The van der Waals surface area contributed by atoms with E-state index in [0.717, 1.165) is 22.4 Å². The van der Waals surface area contributed by atoms with Gasteiger partial charge in [0.25, 0.3) is 0 Å². The monoisotopic (exact) mass is 287 g/mol. The molecule has 22 heavy (non-hydrogen) atoms. The zero-order valence-corrected chi connectivity index (χ0v) is 12.3. The van der Waals surface area contributed by atoms with Crippen LogP contribution in [0.4, 0.5) is 5.69 Å². The van der Waals surface area contributed by atoms with Gasteiger partial charge in [-0.05, 0) is 55.5 Å². The van der Waals surface area contributed by atoms with Crippen LogP contribution >= 0.6 is 0 Å². The molecule has 0 saturated heterocycles. The summed E-state index contributed by atoms with van der Waals surface area (Å²) in [6, 6.07) is 17.0. The fourth-order valence-corrected chi connectivity index (χ4v) is 2.91. The Morgan fingerprint density at radius 1 is 1.14 bits per heavy atom. The lowest BCUT2D eigenvalue weighted by atomic mass is 9.93. The van der Waals surface area contributed by atoms with Gasteiger partial charge in [-0.1, -0.05) is 18.2 Å². The number of aromatic nitrogens is 2. The van der Waals surface area contributed by atoms with E-state index in [2.05, 4.69) is 46.6 Å². The van der Waals surface area contributed by atoms with Crippen LogP contribution in [0.5, 0.6) is 0 Å². The molecule has 0 radical (unpaired) electrons. The van der Waals surface area contributed by atoms with Gasteiger partial charge in [0, 0.05) is 11.7 Å². The highest BCUT2D eigenvalue weighted by atomic mass is 15.1. The molecule has 108 valence electrons. The first-order valence-corrected chi connectivity index (χ1v) is 7.66. The summed E-state index contributed by atoms with van der Waals surface area (Å²) in [5.74, 6) is 3.34. The summed E-state index contributed by atoms with van der Waals surface area (Å²) in [6.07, 6.45) is 9.49. The standard InChI is InChI=1S/C19H17N3/c1-2-19-21-17-11-3-4-12-18(17)22(19)16-10-6-9-15(13-16)20-14-7-5-8-14/h1,3-4,6,9-14,20H,5,7-8H2. The minimum absolute atomic E-state index is 0.613. The maximum absolute atomic E-state index is 5.65. The number of rotatable bonds is 3. The molecule has 3 heteroatoms. The minimum atomic E-state index is 0.613. The van der Waals surface area contributed by atoms with Crippen molar-refractivity contribution in [2.24, 2.45) is 0 Å². The van der Waals surface area contributed by atoms with Crippen molar-refractivity contribution in [3.05, 3.63) is 54.4 Å². The third-order valence-corrected chi connectivity index (χ3v) is 4.27. The summed E-state index contributed by atoms with van der Waals surface area (Å²) in [4.78, 5) is 4.53. The van der Waals surface area contributed by atoms with Crippen molar-refractivity contribution >= 4 is 16.7 Å². The molecule has 1 fully saturated rings. The Kier molecular flexibility index (Phi) is 3.08. The molecule has 1 aliphatic rings. The lowest BCUT2D eigenvalue weighted by Gasteiger charge is -2.27. The Balaban J connectivity index is 1.81. The Morgan fingerprint density at radius 3 is 2.77 bits per heavy atom. The lowest BCUT2D eigenvalue weighted by molar-refractivity contribution is 0.445. The normalized spacial score (nSPS) is 14.5. The van der Waals surface area contributed by atoms with Crippen molar-refractivity contribution in [2.75, 3.05) is 5.32 Å². The van der Waals surface area contributed by atoms with Crippen molar-refractivity contribution in [2.45, 2.75) is 25.3 Å². The third-order valence-electron chi connectivity index (χ3n) is 4.27. The maximum Gasteiger partial charge on any atom is 0.190 e. The molecular weight excluding hydrogens is 270 g/mol. The molecule has 0 amide bonds. The number of para-hydroxylation sites is 2. The predicted molar refractivity (Wildman–Crippen MR) is 90.3 cm³/mol. The molecule has 1 aromatic heterocycles. The minimum Gasteiger partial charge on any atom is -0.382 e. The molecular formula is C19H17N3. The van der Waals surface area contributed by atoms with E-state index >= 15 is 0 Å². The van der Waals surface area contributed by atoms with E-state index in [0.29, 0.717) is 11.9 Å². The second-order valence-electron chi connectivity index (χ2n) is 5.73. The molecule has 3 nitrogen and oxygen atoms in total. The van der Waals surface area contributed by atoms with Crippen LogP contribution < -0.4 is 5.32 Å². The number of fused-ring (bicyclic) bond motifs is 1. The number of imidazole rings is 1. The highest BCUT2D eigenvalue weighted by Crippen LogP contribution is 2.26. The van der Waals surface area contributed by atoms with Gasteiger partial charge in [0.2, 0.25) is 0 Å². The quantitative estimate of drug-likeness (QED) is 0.739. The van der Waals surface area contributed by atoms with Crippen LogP contribution in [0.15, 0.2) is 48.5 Å². The molecule has 0 spiro atoms. The number of nitrogens with zero attached hydrogens (tertiary/aromatic N) is 2. The number of hydrogen-bond donors (Lipinski definition) is 1. The zero-order chi connectivity index (χ0) is 14.9. The summed E-state index contributed by atoms with van der Waals surface area (Å²) >= 11 is 0. The van der Waals surface area contributed by atoms with Crippen LogP contribution in [0.1, 0.15) is 25.1 Å². The summed E-state index contributed by atoms with van der Waals surface area (Å²) in [5, 5.41) is 3.58. The Bertz CT molecular complexity index is 866. The topological polar surface area (TPSA) is 29.9 Å². The molecule has 4 rings (SSSR count). The third kappa shape index (κ3) is 2.14. The van der Waals surface area contributed by atoms with Gasteiger partial charge in [0.1, 0.15) is 0 Å². The largest absolute Gasteiger partial charge is 0.382 e. The Labute approximate surface area is 130 Å². The van der Waals surface area contributed by atoms with Gasteiger partial charge >= 0.3 is 0 Å². The number of nitrogens with one attached hydrogen (secondary N) is 1. The second kappa shape index (κ2) is 5.23. The maximum atomic E-state index is 5.65. The van der Waals surface area contributed by atoms with E-state index in [1.807, 2.05) is 22.8 Å². The van der Waals surface area contributed by atoms with Crippen molar-refractivity contribution < 1.29 is 0 Å². The summed E-state index contributed by atoms with van der Waals surface area (Å²) in [5.41, 5.74) is 4.15. The SMILES string of the molecule is C#Cc1nc2ccccc2n1-c1cccc(NC2CCC2)c1. The summed E-state index contributed by atoms with van der Waals surface area (Å²) < 4.78 is 2.04. The van der Waals surface area contributed by atoms with Gasteiger partial charge in [0.15, 0.2) is 5.82 Å². The molecule has 0 aliphatic heterocycles. The smallest absolute Gasteiger partial charge is 0.190 e. The van der Waals surface area contributed by atoms with Crippen molar-refractivity contribution in [1.82, 2.24) is 9.55 Å². The first-order chi connectivity index (χ1) is 10.8. The summed E-state index contributed by atoms with van der Waals surface area (Å²) in [7, 11) is 0. The molecule has 2 aromatic carbocycles. The van der Waals surface area contributed by atoms with E-state index in [1.54, 1.807) is 0 Å². The van der Waals surface area contributed by atoms with Gasteiger partial charge in [-0.15, -0.1) is 6.42 Å². The fraction of sp³-hybridized carbons (Fsp3) is 0.211. The molecule has 1 heterocycles. The first kappa shape index (κ1) is 13.0. The van der Waals surface area contributed by atoms with Crippen molar-refractivity contribution in [3.8, 4) is 18.0 Å². The molecule has 0 unspecified atom stereocenters. The molecule has 0 bridgehead atoms. The average Bonchev–Trinajstić information content (AvgIpc) is 2.90. The zero-order valence-electron chi connectivity index (χ0n) is 12.3. The number of hydrogen-bond acceptors (Lipinski definition) is 2. The molecule has 3 aromatic rings. The Hall–Kier alpha value is -2.73. The van der Waals surface area contributed by atoms with Crippen LogP contribution in [0.25, 0.3) is 16.7 Å². The highest BCUT2D eigenvalue weighted by Gasteiger charge is 2.17. The van der Waals surface area contributed by atoms with Crippen LogP contribution in [-0.4, -0.2) is 15.6 Å². The predicted octanol–water partition coefficient (Wildman–Crippen LogP) is 3.97. The fourth-order valence-electron chi connectivity index (χ4n) is 2.91. The van der Waals surface area contributed by atoms with Gasteiger partial charge in [-0.3, -0.25) is 4.57 Å². The van der Waals surface area contributed by atoms with Crippen LogP contribution in [-0.2, 0) is 0 Å². The second-order valence-corrected chi connectivity index (χ2v) is 5.73. The van der Waals surface area contributed by atoms with Gasteiger partial charge < -0.3 is 5.32 Å². The van der Waals surface area contributed by atoms with Crippen LogP contribution in [0.3, 0.4) is 0 Å².